The number of hydrogen-bond donors (Lipinski definition) is 1. The van der Waals surface area contributed by atoms with Crippen molar-refractivity contribution in [1.82, 2.24) is 0 Å². The van der Waals surface area contributed by atoms with E-state index in [0.717, 1.165) is 31.2 Å². The minimum Gasteiger partial charge on any atom is -0.369 e. The molecule has 1 amide bonds. The molecule has 0 radical (unpaired) electrons. The smallest absolute Gasteiger partial charge is 0.228 e. The van der Waals surface area contributed by atoms with Crippen LogP contribution in [-0.2, 0) is 10.2 Å². The number of hydrogen-bond acceptors (Lipinski definition) is 1. The van der Waals surface area contributed by atoms with Gasteiger partial charge in [0.25, 0.3) is 0 Å². The Balaban J connectivity index is 2.42. The maximum atomic E-state index is 11.5. The fourth-order valence-corrected chi connectivity index (χ4v) is 2.41. The number of benzene rings is 1. The minimum atomic E-state index is -0.374. The van der Waals surface area contributed by atoms with Crippen LogP contribution in [0.3, 0.4) is 0 Å². The van der Waals surface area contributed by atoms with Gasteiger partial charge in [-0.25, -0.2) is 0 Å². The van der Waals surface area contributed by atoms with Gasteiger partial charge in [0.15, 0.2) is 0 Å². The van der Waals surface area contributed by atoms with Crippen molar-refractivity contribution in [3.05, 3.63) is 35.9 Å². The molecule has 0 aliphatic heterocycles. The fourth-order valence-electron chi connectivity index (χ4n) is 2.41. The van der Waals surface area contributed by atoms with Crippen molar-refractivity contribution >= 4 is 5.91 Å². The fraction of sp³-hybridized carbons (Fsp3) is 0.417. The molecule has 0 aromatic heterocycles. The Bertz CT molecular complexity index is 325. The van der Waals surface area contributed by atoms with Crippen LogP contribution in [-0.4, -0.2) is 5.91 Å². The lowest BCUT2D eigenvalue weighted by molar-refractivity contribution is -0.123. The van der Waals surface area contributed by atoms with E-state index in [9.17, 15) is 4.79 Å². The van der Waals surface area contributed by atoms with Gasteiger partial charge in [0.05, 0.1) is 5.41 Å². The quantitative estimate of drug-likeness (QED) is 0.759. The molecule has 2 nitrogen and oxygen atoms in total. The number of rotatable bonds is 2. The molecular weight excluding hydrogens is 174 g/mol. The summed E-state index contributed by atoms with van der Waals surface area (Å²) in [4.78, 5) is 11.5. The van der Waals surface area contributed by atoms with Gasteiger partial charge < -0.3 is 5.73 Å². The predicted molar refractivity (Wildman–Crippen MR) is 55.8 cm³/mol. The molecule has 0 unspecified atom stereocenters. The molecule has 1 saturated carbocycles. The van der Waals surface area contributed by atoms with Gasteiger partial charge >= 0.3 is 0 Å². The zero-order valence-electron chi connectivity index (χ0n) is 8.20. The van der Waals surface area contributed by atoms with Crippen molar-refractivity contribution in [2.45, 2.75) is 31.1 Å². The average molecular weight is 189 g/mol. The number of carbonyl (C=O) groups is 1. The van der Waals surface area contributed by atoms with Crippen molar-refractivity contribution in [3.63, 3.8) is 0 Å². The lowest BCUT2D eigenvalue weighted by atomic mass is 9.78. The van der Waals surface area contributed by atoms with E-state index in [-0.39, 0.29) is 11.3 Å². The summed E-state index contributed by atoms with van der Waals surface area (Å²) in [6.07, 6.45) is 4.04. The van der Waals surface area contributed by atoms with E-state index in [4.69, 9.17) is 5.73 Å². The molecule has 1 aliphatic rings. The summed E-state index contributed by atoms with van der Waals surface area (Å²) in [7, 11) is 0. The SMILES string of the molecule is NC(=O)C1(c2ccccc2)CCCC1. The molecule has 0 atom stereocenters. The second-order valence-electron chi connectivity index (χ2n) is 4.02. The summed E-state index contributed by atoms with van der Waals surface area (Å²) in [5.41, 5.74) is 6.24. The molecule has 74 valence electrons. The summed E-state index contributed by atoms with van der Waals surface area (Å²) >= 11 is 0. The van der Waals surface area contributed by atoms with Crippen molar-refractivity contribution in [2.24, 2.45) is 5.73 Å². The summed E-state index contributed by atoms with van der Waals surface area (Å²) in [5, 5.41) is 0. The molecule has 2 rings (SSSR count). The first-order chi connectivity index (χ1) is 6.76. The summed E-state index contributed by atoms with van der Waals surface area (Å²) in [6.45, 7) is 0. The molecule has 2 heteroatoms. The first-order valence-corrected chi connectivity index (χ1v) is 5.11. The summed E-state index contributed by atoms with van der Waals surface area (Å²) in [6, 6.07) is 9.93. The van der Waals surface area contributed by atoms with Gasteiger partial charge in [-0.2, -0.15) is 0 Å². The Hall–Kier alpha value is -1.31. The lowest BCUT2D eigenvalue weighted by Crippen LogP contribution is -2.38. The second-order valence-corrected chi connectivity index (χ2v) is 4.02. The Labute approximate surface area is 84.1 Å². The Morgan fingerprint density at radius 2 is 1.71 bits per heavy atom. The number of nitrogens with two attached hydrogens (primary N) is 1. The zero-order chi connectivity index (χ0) is 10.0. The van der Waals surface area contributed by atoms with Crippen LogP contribution in [0.25, 0.3) is 0 Å². The molecule has 0 spiro atoms. The highest BCUT2D eigenvalue weighted by Gasteiger charge is 2.40. The topological polar surface area (TPSA) is 43.1 Å². The Morgan fingerprint density at radius 1 is 1.14 bits per heavy atom. The van der Waals surface area contributed by atoms with Crippen LogP contribution in [0.5, 0.6) is 0 Å². The molecule has 0 saturated heterocycles. The Morgan fingerprint density at radius 3 is 2.21 bits per heavy atom. The van der Waals surface area contributed by atoms with Gasteiger partial charge in [-0.3, -0.25) is 4.79 Å². The molecule has 1 aliphatic carbocycles. The highest BCUT2D eigenvalue weighted by Crippen LogP contribution is 2.40. The van der Waals surface area contributed by atoms with Gasteiger partial charge in [0.1, 0.15) is 0 Å². The van der Waals surface area contributed by atoms with E-state index in [1.807, 2.05) is 30.3 Å². The summed E-state index contributed by atoms with van der Waals surface area (Å²) in [5.74, 6) is -0.166. The van der Waals surface area contributed by atoms with Crippen LogP contribution in [0, 0.1) is 0 Å². The maximum absolute atomic E-state index is 11.5. The van der Waals surface area contributed by atoms with Gasteiger partial charge in [-0.05, 0) is 18.4 Å². The molecule has 1 aromatic rings. The van der Waals surface area contributed by atoms with Crippen molar-refractivity contribution in [1.29, 1.82) is 0 Å². The van der Waals surface area contributed by atoms with Crippen molar-refractivity contribution < 1.29 is 4.79 Å². The Kier molecular flexibility index (Phi) is 2.28. The molecule has 14 heavy (non-hydrogen) atoms. The molecule has 0 heterocycles. The summed E-state index contributed by atoms with van der Waals surface area (Å²) < 4.78 is 0. The van der Waals surface area contributed by atoms with E-state index in [1.54, 1.807) is 0 Å². The number of primary amides is 1. The normalized spacial score (nSPS) is 19.4. The highest BCUT2D eigenvalue weighted by atomic mass is 16.1. The standard InChI is InChI=1S/C12H15NO/c13-11(14)12(8-4-5-9-12)10-6-2-1-3-7-10/h1-3,6-7H,4-5,8-9H2,(H2,13,14). The average Bonchev–Trinajstić information content (AvgIpc) is 2.69. The second kappa shape index (κ2) is 3.45. The van der Waals surface area contributed by atoms with Crippen molar-refractivity contribution in [2.75, 3.05) is 0 Å². The monoisotopic (exact) mass is 189 g/mol. The van der Waals surface area contributed by atoms with Crippen LogP contribution in [0.2, 0.25) is 0 Å². The first-order valence-electron chi connectivity index (χ1n) is 5.11. The third kappa shape index (κ3) is 1.31. The maximum Gasteiger partial charge on any atom is 0.228 e. The van der Waals surface area contributed by atoms with E-state index in [1.165, 1.54) is 0 Å². The number of amides is 1. The van der Waals surface area contributed by atoms with Crippen LogP contribution < -0.4 is 5.73 Å². The largest absolute Gasteiger partial charge is 0.369 e. The lowest BCUT2D eigenvalue weighted by Gasteiger charge is -2.25. The van der Waals surface area contributed by atoms with Gasteiger partial charge in [0, 0.05) is 0 Å². The first kappa shape index (κ1) is 9.25. The zero-order valence-corrected chi connectivity index (χ0v) is 8.20. The third-order valence-corrected chi connectivity index (χ3v) is 3.26. The van der Waals surface area contributed by atoms with Gasteiger partial charge in [-0.1, -0.05) is 43.2 Å². The number of carbonyl (C=O) groups excluding carboxylic acids is 1. The highest BCUT2D eigenvalue weighted by molar-refractivity contribution is 5.87. The van der Waals surface area contributed by atoms with E-state index >= 15 is 0 Å². The molecular formula is C12H15NO. The molecule has 0 bridgehead atoms. The molecule has 1 aromatic carbocycles. The third-order valence-electron chi connectivity index (χ3n) is 3.26. The minimum absolute atomic E-state index is 0.166. The molecule has 1 fully saturated rings. The van der Waals surface area contributed by atoms with E-state index in [2.05, 4.69) is 0 Å². The van der Waals surface area contributed by atoms with Crippen LogP contribution in [0.1, 0.15) is 31.2 Å². The van der Waals surface area contributed by atoms with E-state index < -0.39 is 0 Å². The van der Waals surface area contributed by atoms with Gasteiger partial charge in [-0.15, -0.1) is 0 Å². The van der Waals surface area contributed by atoms with Crippen LogP contribution in [0.4, 0.5) is 0 Å². The van der Waals surface area contributed by atoms with E-state index in [0.29, 0.717) is 0 Å². The van der Waals surface area contributed by atoms with Crippen LogP contribution >= 0.6 is 0 Å². The van der Waals surface area contributed by atoms with Crippen LogP contribution in [0.15, 0.2) is 30.3 Å². The van der Waals surface area contributed by atoms with Crippen molar-refractivity contribution in [3.8, 4) is 0 Å². The predicted octanol–water partition coefficient (Wildman–Crippen LogP) is 1.98. The molecule has 2 N–H and O–H groups in total. The van der Waals surface area contributed by atoms with Gasteiger partial charge in [0.2, 0.25) is 5.91 Å².